The van der Waals surface area contributed by atoms with E-state index in [1.165, 1.54) is 16.5 Å². The molecule has 1 aliphatic heterocycles. The molecule has 4 nitrogen and oxygen atoms in total. The third-order valence-electron chi connectivity index (χ3n) is 7.84. The quantitative estimate of drug-likeness (QED) is 0.164. The van der Waals surface area contributed by atoms with Gasteiger partial charge in [-0.2, -0.15) is 36.4 Å². The molecule has 0 saturated carbocycles. The molecule has 0 spiro atoms. The van der Waals surface area contributed by atoms with E-state index < -0.39 is 0 Å². The number of aryl methyl sites for hydroxylation is 2. The van der Waals surface area contributed by atoms with Gasteiger partial charge < -0.3 is 19.1 Å². The van der Waals surface area contributed by atoms with Crippen molar-refractivity contribution in [1.29, 1.82) is 0 Å². The predicted molar refractivity (Wildman–Crippen MR) is 175 cm³/mol. The van der Waals surface area contributed by atoms with Crippen molar-refractivity contribution in [1.82, 2.24) is 4.57 Å². The van der Waals surface area contributed by atoms with Gasteiger partial charge in [-0.15, -0.1) is 54.1 Å². The maximum absolute atomic E-state index is 6.42. The van der Waals surface area contributed by atoms with Crippen molar-refractivity contribution in [2.24, 2.45) is 0 Å². The summed E-state index contributed by atoms with van der Waals surface area (Å²) in [4.78, 5) is 4.40. The minimum absolute atomic E-state index is 0. The van der Waals surface area contributed by atoms with Gasteiger partial charge in [0.25, 0.3) is 0 Å². The summed E-state index contributed by atoms with van der Waals surface area (Å²) in [5.74, 6) is 1.25. The van der Waals surface area contributed by atoms with Crippen molar-refractivity contribution in [3.8, 4) is 17.2 Å². The molecule has 0 bridgehead atoms. The van der Waals surface area contributed by atoms with Crippen LogP contribution in [0.3, 0.4) is 0 Å². The van der Waals surface area contributed by atoms with Crippen LogP contribution in [-0.2, 0) is 21.1 Å². The summed E-state index contributed by atoms with van der Waals surface area (Å²) in [6.07, 6.45) is 0. The number of benzene rings is 6. The molecule has 0 atom stereocenters. The van der Waals surface area contributed by atoms with Gasteiger partial charge in [0, 0.05) is 34.1 Å². The molecule has 0 fully saturated rings. The summed E-state index contributed by atoms with van der Waals surface area (Å²) in [5.41, 5.74) is 9.73. The standard InChI is InChI=1S/C39H27N3O.Pt/c1-27-21-28(2)23-31(22-27)41-26-40(37-17-8-9-18-38(37)41)30-13-10-14-32(24-30)43-33-19-20-35-34-15-6-7-16-36(34)42(39(35)25-33)29-11-4-3-5-12-29;/h3-11,13-23,26H,1-2H3;/q-4;+4. The Bertz CT molecular complexity index is 2120. The fourth-order valence-electron chi connectivity index (χ4n) is 6.06. The fraction of sp³-hybridized carbons (Fsp3) is 0.0513. The molecule has 0 radical (unpaired) electrons. The van der Waals surface area contributed by atoms with Gasteiger partial charge in [0.2, 0.25) is 0 Å². The third-order valence-corrected chi connectivity index (χ3v) is 7.84. The van der Waals surface area contributed by atoms with Crippen LogP contribution in [0.5, 0.6) is 11.5 Å². The molecule has 0 aliphatic carbocycles. The van der Waals surface area contributed by atoms with Crippen molar-refractivity contribution < 1.29 is 25.8 Å². The van der Waals surface area contributed by atoms with Crippen LogP contribution in [0.1, 0.15) is 11.1 Å². The molecule has 1 aliphatic rings. The number of rotatable bonds is 5. The van der Waals surface area contributed by atoms with Gasteiger partial charge in [0.1, 0.15) is 0 Å². The van der Waals surface area contributed by atoms with Crippen molar-refractivity contribution >= 4 is 44.6 Å². The van der Waals surface area contributed by atoms with Crippen molar-refractivity contribution in [3.63, 3.8) is 0 Å². The zero-order chi connectivity index (χ0) is 28.9. The van der Waals surface area contributed by atoms with Crippen molar-refractivity contribution in [2.45, 2.75) is 13.8 Å². The zero-order valence-corrected chi connectivity index (χ0v) is 26.5. The Labute approximate surface area is 272 Å². The number of para-hydroxylation sites is 4. The van der Waals surface area contributed by atoms with E-state index in [-0.39, 0.29) is 21.1 Å². The van der Waals surface area contributed by atoms with E-state index in [0.717, 1.165) is 44.9 Å². The zero-order valence-electron chi connectivity index (χ0n) is 24.2. The molecular formula is C39H27N3OPt. The number of nitrogens with zero attached hydrogens (tertiary/aromatic N) is 3. The average Bonchev–Trinajstić information content (AvgIpc) is 3.57. The molecule has 7 aromatic rings. The van der Waals surface area contributed by atoms with Crippen molar-refractivity contribution in [2.75, 3.05) is 9.80 Å². The number of anilines is 4. The number of hydrogen-bond donors (Lipinski definition) is 0. The first kappa shape index (κ1) is 28.0. The summed E-state index contributed by atoms with van der Waals surface area (Å²) in [6, 6.07) is 52.0. The Morgan fingerprint density at radius 3 is 2.11 bits per heavy atom. The molecule has 8 rings (SSSR count). The van der Waals surface area contributed by atoms with Gasteiger partial charge in [0.05, 0.1) is 0 Å². The molecule has 5 heteroatoms. The molecule has 2 heterocycles. The van der Waals surface area contributed by atoms with Gasteiger partial charge in [-0.25, -0.2) is 0 Å². The van der Waals surface area contributed by atoms with Crippen LogP contribution in [0.25, 0.3) is 27.5 Å². The normalized spacial score (nSPS) is 12.4. The van der Waals surface area contributed by atoms with E-state index in [0.29, 0.717) is 11.5 Å². The van der Waals surface area contributed by atoms with Gasteiger partial charge in [-0.1, -0.05) is 47.6 Å². The smallest absolute Gasteiger partial charge is 0.509 e. The molecule has 0 N–H and O–H groups in total. The van der Waals surface area contributed by atoms with Crippen LogP contribution < -0.4 is 14.5 Å². The minimum Gasteiger partial charge on any atom is -0.509 e. The molecule has 6 aromatic carbocycles. The summed E-state index contributed by atoms with van der Waals surface area (Å²) < 4.78 is 8.61. The molecule has 0 unspecified atom stereocenters. The van der Waals surface area contributed by atoms with E-state index in [2.05, 4.69) is 138 Å². The molecule has 214 valence electrons. The van der Waals surface area contributed by atoms with Gasteiger partial charge >= 0.3 is 21.1 Å². The Kier molecular flexibility index (Phi) is 7.24. The second-order valence-electron chi connectivity index (χ2n) is 10.9. The van der Waals surface area contributed by atoms with Gasteiger partial charge in [-0.05, 0) is 60.7 Å². The number of aromatic nitrogens is 1. The largest absolute Gasteiger partial charge is 4.00 e. The van der Waals surface area contributed by atoms with Crippen LogP contribution >= 0.6 is 0 Å². The third kappa shape index (κ3) is 4.86. The van der Waals surface area contributed by atoms with Crippen LogP contribution in [0.4, 0.5) is 22.7 Å². The van der Waals surface area contributed by atoms with Crippen LogP contribution in [0.2, 0.25) is 0 Å². The minimum atomic E-state index is 0. The first-order valence-electron chi connectivity index (χ1n) is 14.4. The number of fused-ring (bicyclic) bond motifs is 4. The summed E-state index contributed by atoms with van der Waals surface area (Å²) in [6.45, 7) is 6.40. The number of hydrogen-bond acceptors (Lipinski definition) is 3. The second kappa shape index (κ2) is 11.4. The van der Waals surface area contributed by atoms with Gasteiger partial charge in [0.15, 0.2) is 0 Å². The fourth-order valence-corrected chi connectivity index (χ4v) is 6.06. The van der Waals surface area contributed by atoms with Crippen molar-refractivity contribution in [3.05, 3.63) is 157 Å². The summed E-state index contributed by atoms with van der Waals surface area (Å²) >= 11 is 0. The first-order chi connectivity index (χ1) is 21.1. The summed E-state index contributed by atoms with van der Waals surface area (Å²) in [7, 11) is 0. The van der Waals surface area contributed by atoms with E-state index in [1.807, 2.05) is 36.4 Å². The number of ether oxygens (including phenoxy) is 1. The Balaban J connectivity index is 0.00000312. The van der Waals surface area contributed by atoms with E-state index in [1.54, 1.807) is 0 Å². The first-order valence-corrected chi connectivity index (χ1v) is 14.4. The molecule has 0 saturated heterocycles. The molecule has 1 aromatic heterocycles. The average molecular weight is 749 g/mol. The Morgan fingerprint density at radius 2 is 1.32 bits per heavy atom. The summed E-state index contributed by atoms with van der Waals surface area (Å²) in [5, 5.41) is 2.29. The molecular weight excluding hydrogens is 722 g/mol. The van der Waals surface area contributed by atoms with Gasteiger partial charge in [-0.3, -0.25) is 0 Å². The predicted octanol–water partition coefficient (Wildman–Crippen LogP) is 10.00. The molecule has 44 heavy (non-hydrogen) atoms. The monoisotopic (exact) mass is 748 g/mol. The van der Waals surface area contributed by atoms with Crippen LogP contribution in [-0.4, -0.2) is 4.57 Å². The van der Waals surface area contributed by atoms with Crippen LogP contribution in [0.15, 0.2) is 121 Å². The van der Waals surface area contributed by atoms with E-state index in [4.69, 9.17) is 4.74 Å². The SMILES string of the molecule is Cc1cc(C)cc(N2[CH-]N(c3[c-]c(Oc4[c-]c5c(cc4)c4ccccc4n5-c4[c-]cccc4)ccc3)c3ccccc32)c1.[Pt+4]. The molecule has 0 amide bonds. The van der Waals surface area contributed by atoms with Crippen LogP contribution in [0, 0.1) is 38.7 Å². The Hall–Kier alpha value is -4.79. The second-order valence-corrected chi connectivity index (χ2v) is 10.9. The van der Waals surface area contributed by atoms with E-state index in [9.17, 15) is 0 Å². The van der Waals surface area contributed by atoms with E-state index >= 15 is 0 Å². The maximum Gasteiger partial charge on any atom is 4.00 e. The Morgan fingerprint density at radius 1 is 0.614 bits per heavy atom. The topological polar surface area (TPSA) is 20.6 Å². The maximum atomic E-state index is 6.42.